The molecule has 0 radical (unpaired) electrons. The molecule has 0 aliphatic rings. The number of benzene rings is 3. The summed E-state index contributed by atoms with van der Waals surface area (Å²) in [6.07, 6.45) is 0. The van der Waals surface area contributed by atoms with Gasteiger partial charge in [-0.2, -0.15) is 0 Å². The van der Waals surface area contributed by atoms with E-state index >= 15 is 0 Å². The third-order valence-corrected chi connectivity index (χ3v) is 5.53. The molecule has 0 saturated carbocycles. The van der Waals surface area contributed by atoms with Crippen molar-refractivity contribution in [1.29, 1.82) is 0 Å². The second kappa shape index (κ2) is 10.7. The summed E-state index contributed by atoms with van der Waals surface area (Å²) in [5.74, 6) is 2.03. The number of nitrogens with one attached hydrogen (secondary N) is 1. The fourth-order valence-corrected chi connectivity index (χ4v) is 4.10. The summed E-state index contributed by atoms with van der Waals surface area (Å²) in [6, 6.07) is 24.4. The predicted molar refractivity (Wildman–Crippen MR) is 132 cm³/mol. The van der Waals surface area contributed by atoms with Gasteiger partial charge in [0.2, 0.25) is 0 Å². The second-order valence-corrected chi connectivity index (χ2v) is 7.99. The first-order chi connectivity index (χ1) is 15.3. The molecule has 0 fully saturated rings. The van der Waals surface area contributed by atoms with Crippen LogP contribution < -0.4 is 10.1 Å². The maximum absolute atomic E-state index is 5.91. The highest BCUT2D eigenvalue weighted by Crippen LogP contribution is 2.33. The molecule has 1 heterocycles. The average molecular weight is 454 g/mol. The molecule has 0 unspecified atom stereocenters. The number of fused-ring (bicyclic) bond motifs is 2. The first kappa shape index (κ1) is 21.7. The SMILES string of the molecule is ClCCN(CCCl)CCOc1ccc(Nc2c3ccccc3nc3ccccc23)cc1. The van der Waals surface area contributed by atoms with Gasteiger partial charge in [-0.15, -0.1) is 23.2 Å². The van der Waals surface area contributed by atoms with Crippen molar-refractivity contribution in [3.05, 3.63) is 72.8 Å². The van der Waals surface area contributed by atoms with Gasteiger partial charge in [-0.05, 0) is 36.4 Å². The zero-order chi connectivity index (χ0) is 21.5. The van der Waals surface area contributed by atoms with Crippen molar-refractivity contribution in [3.8, 4) is 5.75 Å². The molecule has 31 heavy (non-hydrogen) atoms. The van der Waals surface area contributed by atoms with Crippen molar-refractivity contribution in [2.45, 2.75) is 0 Å². The van der Waals surface area contributed by atoms with E-state index in [0.717, 1.165) is 58.6 Å². The molecule has 6 heteroatoms. The highest BCUT2D eigenvalue weighted by atomic mass is 35.5. The molecular formula is C25H25Cl2N3O. The fraction of sp³-hybridized carbons (Fsp3) is 0.240. The van der Waals surface area contributed by atoms with Crippen LogP contribution in [0.15, 0.2) is 72.8 Å². The number of anilines is 2. The molecule has 4 aromatic rings. The Balaban J connectivity index is 1.48. The highest BCUT2D eigenvalue weighted by molar-refractivity contribution is 6.18. The Morgan fingerprint density at radius 1 is 0.742 bits per heavy atom. The van der Waals surface area contributed by atoms with Gasteiger partial charge in [0.05, 0.1) is 16.7 Å². The number of nitrogens with zero attached hydrogens (tertiary/aromatic N) is 2. The summed E-state index contributed by atoms with van der Waals surface area (Å²) in [7, 11) is 0. The molecule has 3 aromatic carbocycles. The average Bonchev–Trinajstić information content (AvgIpc) is 2.80. The zero-order valence-corrected chi connectivity index (χ0v) is 18.7. The summed E-state index contributed by atoms with van der Waals surface area (Å²) in [5, 5.41) is 5.79. The summed E-state index contributed by atoms with van der Waals surface area (Å²) in [4.78, 5) is 6.99. The molecule has 4 nitrogen and oxygen atoms in total. The Hall–Kier alpha value is -2.53. The van der Waals surface area contributed by atoms with Crippen molar-refractivity contribution in [2.75, 3.05) is 43.3 Å². The Labute approximate surface area is 192 Å². The smallest absolute Gasteiger partial charge is 0.119 e. The molecule has 0 aliphatic carbocycles. The van der Waals surface area contributed by atoms with Crippen molar-refractivity contribution in [3.63, 3.8) is 0 Å². The van der Waals surface area contributed by atoms with Crippen LogP contribution in [0.1, 0.15) is 0 Å². The van der Waals surface area contributed by atoms with Crippen molar-refractivity contribution < 1.29 is 4.74 Å². The number of halogens is 2. The van der Waals surface area contributed by atoms with Gasteiger partial charge in [-0.1, -0.05) is 36.4 Å². The Morgan fingerprint density at radius 2 is 1.32 bits per heavy atom. The maximum Gasteiger partial charge on any atom is 0.119 e. The van der Waals surface area contributed by atoms with Crippen LogP contribution in [0.4, 0.5) is 11.4 Å². The molecule has 0 amide bonds. The normalized spacial score (nSPS) is 11.3. The van der Waals surface area contributed by atoms with Crippen LogP contribution in [0.25, 0.3) is 21.8 Å². The minimum Gasteiger partial charge on any atom is -0.492 e. The third-order valence-electron chi connectivity index (χ3n) is 5.19. The van der Waals surface area contributed by atoms with Crippen molar-refractivity contribution in [1.82, 2.24) is 9.88 Å². The minimum absolute atomic E-state index is 0.593. The lowest BCUT2D eigenvalue weighted by atomic mass is 10.1. The number of ether oxygens (including phenoxy) is 1. The molecule has 1 aromatic heterocycles. The van der Waals surface area contributed by atoms with E-state index in [-0.39, 0.29) is 0 Å². The van der Waals surface area contributed by atoms with E-state index in [0.29, 0.717) is 18.4 Å². The summed E-state index contributed by atoms with van der Waals surface area (Å²) < 4.78 is 5.91. The van der Waals surface area contributed by atoms with E-state index in [1.165, 1.54) is 0 Å². The fourth-order valence-electron chi connectivity index (χ4n) is 3.62. The summed E-state index contributed by atoms with van der Waals surface area (Å²) in [6.45, 7) is 3.03. The van der Waals surface area contributed by atoms with E-state index in [1.54, 1.807) is 0 Å². The van der Waals surface area contributed by atoms with E-state index in [9.17, 15) is 0 Å². The zero-order valence-electron chi connectivity index (χ0n) is 17.2. The van der Waals surface area contributed by atoms with Crippen LogP contribution in [-0.4, -0.2) is 47.9 Å². The molecule has 1 N–H and O–H groups in total. The Kier molecular flexibility index (Phi) is 7.47. The first-order valence-corrected chi connectivity index (χ1v) is 11.5. The topological polar surface area (TPSA) is 37.4 Å². The van der Waals surface area contributed by atoms with Gasteiger partial charge in [-0.25, -0.2) is 4.98 Å². The second-order valence-electron chi connectivity index (χ2n) is 7.24. The standard InChI is InChI=1S/C25H25Cl2N3O/c26-13-15-30(16-14-27)17-18-31-20-11-9-19(10-12-20)28-25-21-5-1-3-7-23(21)29-24-8-4-2-6-22(24)25/h1-12H,13-18H2,(H,28,29). The Bertz CT molecular complexity index is 1070. The van der Waals surface area contributed by atoms with Gasteiger partial charge in [0.15, 0.2) is 0 Å². The molecule has 160 valence electrons. The van der Waals surface area contributed by atoms with Gasteiger partial charge >= 0.3 is 0 Å². The predicted octanol–water partition coefficient (Wildman–Crippen LogP) is 6.29. The van der Waals surface area contributed by atoms with Crippen LogP contribution in [0.3, 0.4) is 0 Å². The number of aromatic nitrogens is 1. The van der Waals surface area contributed by atoms with E-state index < -0.39 is 0 Å². The summed E-state index contributed by atoms with van der Waals surface area (Å²) >= 11 is 11.7. The maximum atomic E-state index is 5.91. The van der Waals surface area contributed by atoms with Gasteiger partial charge in [0.25, 0.3) is 0 Å². The van der Waals surface area contributed by atoms with Crippen LogP contribution in [0, 0.1) is 0 Å². The number of pyridine rings is 1. The van der Waals surface area contributed by atoms with Crippen molar-refractivity contribution >= 4 is 56.4 Å². The largest absolute Gasteiger partial charge is 0.492 e. The molecule has 0 atom stereocenters. The molecule has 0 saturated heterocycles. The molecule has 0 spiro atoms. The molecule has 0 aliphatic heterocycles. The lowest BCUT2D eigenvalue weighted by molar-refractivity contribution is 0.224. The first-order valence-electron chi connectivity index (χ1n) is 10.4. The van der Waals surface area contributed by atoms with Gasteiger partial charge < -0.3 is 10.1 Å². The lowest BCUT2D eigenvalue weighted by Gasteiger charge is -2.20. The highest BCUT2D eigenvalue weighted by Gasteiger charge is 2.09. The number of para-hydroxylation sites is 2. The molecular weight excluding hydrogens is 429 g/mol. The minimum atomic E-state index is 0.593. The molecule has 4 rings (SSSR count). The molecule has 0 bridgehead atoms. The number of hydrogen-bond donors (Lipinski definition) is 1. The van der Waals surface area contributed by atoms with Crippen LogP contribution >= 0.6 is 23.2 Å². The Morgan fingerprint density at radius 3 is 1.90 bits per heavy atom. The van der Waals surface area contributed by atoms with Crippen LogP contribution in [0.2, 0.25) is 0 Å². The number of rotatable bonds is 10. The van der Waals surface area contributed by atoms with E-state index in [1.807, 2.05) is 60.7 Å². The van der Waals surface area contributed by atoms with Crippen LogP contribution in [-0.2, 0) is 0 Å². The van der Waals surface area contributed by atoms with E-state index in [4.69, 9.17) is 32.9 Å². The van der Waals surface area contributed by atoms with Crippen LogP contribution in [0.5, 0.6) is 5.75 Å². The number of alkyl halides is 2. The van der Waals surface area contributed by atoms with Crippen molar-refractivity contribution in [2.24, 2.45) is 0 Å². The van der Waals surface area contributed by atoms with Gasteiger partial charge in [0, 0.05) is 47.9 Å². The van der Waals surface area contributed by atoms with E-state index in [2.05, 4.69) is 22.3 Å². The summed E-state index contributed by atoms with van der Waals surface area (Å²) in [5.41, 5.74) is 4.01. The third kappa shape index (κ3) is 5.40. The van der Waals surface area contributed by atoms with Gasteiger partial charge in [0.1, 0.15) is 12.4 Å². The number of hydrogen-bond acceptors (Lipinski definition) is 4. The van der Waals surface area contributed by atoms with Gasteiger partial charge in [-0.3, -0.25) is 4.90 Å². The lowest BCUT2D eigenvalue weighted by Crippen LogP contribution is -2.32. The monoisotopic (exact) mass is 453 g/mol. The quantitative estimate of drug-likeness (QED) is 0.226.